The first-order valence-corrected chi connectivity index (χ1v) is 5.95. The SMILES string of the molecule is CC(C)(C)C(=O)N1CCCC1C(C)(C)C. The Morgan fingerprint density at radius 3 is 2.07 bits per heavy atom. The second kappa shape index (κ2) is 3.80. The molecule has 2 heteroatoms. The molecular formula is C13H25NO. The van der Waals surface area contributed by atoms with Gasteiger partial charge in [-0.05, 0) is 18.3 Å². The number of hydrogen-bond acceptors (Lipinski definition) is 1. The summed E-state index contributed by atoms with van der Waals surface area (Å²) in [5, 5.41) is 0. The molecular weight excluding hydrogens is 186 g/mol. The van der Waals surface area contributed by atoms with Crippen LogP contribution in [0.15, 0.2) is 0 Å². The minimum Gasteiger partial charge on any atom is -0.339 e. The summed E-state index contributed by atoms with van der Waals surface area (Å²) in [5.41, 5.74) is -0.0365. The van der Waals surface area contributed by atoms with Gasteiger partial charge in [-0.3, -0.25) is 4.79 Å². The highest BCUT2D eigenvalue weighted by atomic mass is 16.2. The first-order chi connectivity index (χ1) is 6.64. The Hall–Kier alpha value is -0.530. The largest absolute Gasteiger partial charge is 0.339 e. The number of likely N-dealkylation sites (tertiary alicyclic amines) is 1. The molecule has 0 spiro atoms. The van der Waals surface area contributed by atoms with E-state index in [1.54, 1.807) is 0 Å². The minimum atomic E-state index is -0.242. The molecule has 1 unspecified atom stereocenters. The Morgan fingerprint density at radius 2 is 1.67 bits per heavy atom. The van der Waals surface area contributed by atoms with E-state index in [4.69, 9.17) is 0 Å². The molecule has 1 amide bonds. The van der Waals surface area contributed by atoms with Crippen LogP contribution in [0.3, 0.4) is 0 Å². The fourth-order valence-corrected chi connectivity index (χ4v) is 2.34. The van der Waals surface area contributed by atoms with E-state index in [1.807, 2.05) is 20.8 Å². The van der Waals surface area contributed by atoms with Crippen LogP contribution in [0.25, 0.3) is 0 Å². The van der Waals surface area contributed by atoms with Crippen molar-refractivity contribution in [3.05, 3.63) is 0 Å². The molecule has 0 aromatic heterocycles. The summed E-state index contributed by atoms with van der Waals surface area (Å²) in [4.78, 5) is 14.3. The summed E-state index contributed by atoms with van der Waals surface area (Å²) in [5.74, 6) is 0.305. The second-order valence-corrected chi connectivity index (χ2v) is 6.77. The molecule has 0 bridgehead atoms. The Labute approximate surface area is 94.0 Å². The number of amides is 1. The van der Waals surface area contributed by atoms with Gasteiger partial charge >= 0.3 is 0 Å². The van der Waals surface area contributed by atoms with Crippen molar-refractivity contribution in [2.24, 2.45) is 10.8 Å². The maximum absolute atomic E-state index is 12.2. The summed E-state index contributed by atoms with van der Waals surface area (Å²) in [6.45, 7) is 13.6. The molecule has 1 aliphatic heterocycles. The molecule has 0 aromatic carbocycles. The van der Waals surface area contributed by atoms with E-state index in [0.29, 0.717) is 11.9 Å². The molecule has 1 saturated heterocycles. The minimum absolute atomic E-state index is 0.206. The standard InChI is InChI=1S/C13H25NO/c1-12(2,3)10-8-7-9-14(10)11(15)13(4,5)6/h10H,7-9H2,1-6H3. The van der Waals surface area contributed by atoms with Crippen molar-refractivity contribution >= 4 is 5.91 Å². The van der Waals surface area contributed by atoms with Gasteiger partial charge in [0, 0.05) is 18.0 Å². The van der Waals surface area contributed by atoms with Crippen molar-refractivity contribution in [3.63, 3.8) is 0 Å². The van der Waals surface area contributed by atoms with E-state index in [2.05, 4.69) is 25.7 Å². The Kier molecular flexibility index (Phi) is 3.18. The van der Waals surface area contributed by atoms with Crippen LogP contribution in [0.1, 0.15) is 54.4 Å². The predicted molar refractivity (Wildman–Crippen MR) is 63.6 cm³/mol. The Balaban J connectivity index is 2.82. The third-order valence-corrected chi connectivity index (χ3v) is 3.15. The summed E-state index contributed by atoms with van der Waals surface area (Å²) in [6.07, 6.45) is 2.31. The highest BCUT2D eigenvalue weighted by molar-refractivity contribution is 5.82. The second-order valence-electron chi connectivity index (χ2n) is 6.77. The van der Waals surface area contributed by atoms with Gasteiger partial charge in [0.1, 0.15) is 0 Å². The lowest BCUT2D eigenvalue weighted by Gasteiger charge is -2.38. The maximum atomic E-state index is 12.2. The average Bonchev–Trinajstić information content (AvgIpc) is 2.47. The molecule has 0 aliphatic carbocycles. The van der Waals surface area contributed by atoms with E-state index in [-0.39, 0.29) is 10.8 Å². The molecule has 1 atom stereocenters. The summed E-state index contributed by atoms with van der Waals surface area (Å²) < 4.78 is 0. The number of hydrogen-bond donors (Lipinski definition) is 0. The van der Waals surface area contributed by atoms with E-state index in [1.165, 1.54) is 0 Å². The fraction of sp³-hybridized carbons (Fsp3) is 0.923. The number of rotatable bonds is 0. The van der Waals surface area contributed by atoms with Gasteiger partial charge in [-0.15, -0.1) is 0 Å². The van der Waals surface area contributed by atoms with E-state index < -0.39 is 0 Å². The topological polar surface area (TPSA) is 20.3 Å². The molecule has 0 saturated carbocycles. The lowest BCUT2D eigenvalue weighted by molar-refractivity contribution is -0.142. The van der Waals surface area contributed by atoms with E-state index in [9.17, 15) is 4.79 Å². The van der Waals surface area contributed by atoms with Gasteiger partial charge in [-0.25, -0.2) is 0 Å². The third kappa shape index (κ3) is 2.73. The Morgan fingerprint density at radius 1 is 1.13 bits per heavy atom. The van der Waals surface area contributed by atoms with Gasteiger partial charge in [0.05, 0.1) is 0 Å². The zero-order chi connectivity index (χ0) is 11.9. The first-order valence-electron chi connectivity index (χ1n) is 5.95. The summed E-state index contributed by atoms with van der Waals surface area (Å²) in [7, 11) is 0. The molecule has 1 aliphatic rings. The van der Waals surface area contributed by atoms with E-state index in [0.717, 1.165) is 19.4 Å². The summed E-state index contributed by atoms with van der Waals surface area (Å²) >= 11 is 0. The highest BCUT2D eigenvalue weighted by Gasteiger charge is 2.40. The summed E-state index contributed by atoms with van der Waals surface area (Å²) in [6, 6.07) is 0.421. The van der Waals surface area contributed by atoms with Crippen molar-refractivity contribution in [1.29, 1.82) is 0 Å². The van der Waals surface area contributed by atoms with Gasteiger partial charge in [0.15, 0.2) is 0 Å². The molecule has 1 heterocycles. The molecule has 1 fully saturated rings. The molecule has 15 heavy (non-hydrogen) atoms. The lowest BCUT2D eigenvalue weighted by Crippen LogP contribution is -2.47. The van der Waals surface area contributed by atoms with Crippen LogP contribution in [-0.2, 0) is 4.79 Å². The predicted octanol–water partition coefficient (Wildman–Crippen LogP) is 3.07. The molecule has 1 rings (SSSR count). The smallest absolute Gasteiger partial charge is 0.228 e. The number of carbonyl (C=O) groups is 1. The Bertz CT molecular complexity index is 244. The zero-order valence-corrected chi connectivity index (χ0v) is 11.1. The zero-order valence-electron chi connectivity index (χ0n) is 11.1. The first kappa shape index (κ1) is 12.5. The quantitative estimate of drug-likeness (QED) is 0.603. The van der Waals surface area contributed by atoms with Crippen molar-refractivity contribution < 1.29 is 4.79 Å². The van der Waals surface area contributed by atoms with Gasteiger partial charge in [0.2, 0.25) is 5.91 Å². The monoisotopic (exact) mass is 211 g/mol. The van der Waals surface area contributed by atoms with E-state index >= 15 is 0 Å². The third-order valence-electron chi connectivity index (χ3n) is 3.15. The number of nitrogens with zero attached hydrogens (tertiary/aromatic N) is 1. The number of carbonyl (C=O) groups excluding carboxylic acids is 1. The molecule has 0 aromatic rings. The van der Waals surface area contributed by atoms with Crippen LogP contribution in [0.2, 0.25) is 0 Å². The molecule has 2 nitrogen and oxygen atoms in total. The van der Waals surface area contributed by atoms with Gasteiger partial charge in [0.25, 0.3) is 0 Å². The van der Waals surface area contributed by atoms with Crippen molar-refractivity contribution in [2.75, 3.05) is 6.54 Å². The molecule has 0 radical (unpaired) electrons. The lowest BCUT2D eigenvalue weighted by atomic mass is 9.84. The van der Waals surface area contributed by atoms with Crippen LogP contribution in [0.4, 0.5) is 0 Å². The van der Waals surface area contributed by atoms with Gasteiger partial charge in [-0.2, -0.15) is 0 Å². The van der Waals surface area contributed by atoms with Crippen LogP contribution >= 0.6 is 0 Å². The van der Waals surface area contributed by atoms with Crippen molar-refractivity contribution in [2.45, 2.75) is 60.4 Å². The normalized spacial score (nSPS) is 23.3. The van der Waals surface area contributed by atoms with Gasteiger partial charge < -0.3 is 4.90 Å². The van der Waals surface area contributed by atoms with Crippen LogP contribution in [-0.4, -0.2) is 23.4 Å². The van der Waals surface area contributed by atoms with Crippen molar-refractivity contribution in [3.8, 4) is 0 Å². The average molecular weight is 211 g/mol. The van der Waals surface area contributed by atoms with Crippen molar-refractivity contribution in [1.82, 2.24) is 4.90 Å². The molecule has 0 N–H and O–H groups in total. The highest BCUT2D eigenvalue weighted by Crippen LogP contribution is 2.35. The van der Waals surface area contributed by atoms with Crippen LogP contribution < -0.4 is 0 Å². The molecule has 88 valence electrons. The fourth-order valence-electron chi connectivity index (χ4n) is 2.34. The van der Waals surface area contributed by atoms with Crippen LogP contribution in [0, 0.1) is 10.8 Å². The van der Waals surface area contributed by atoms with Crippen LogP contribution in [0.5, 0.6) is 0 Å². The maximum Gasteiger partial charge on any atom is 0.228 e. The van der Waals surface area contributed by atoms with Gasteiger partial charge in [-0.1, -0.05) is 41.5 Å².